The number of benzene rings is 1. The Morgan fingerprint density at radius 2 is 2.00 bits per heavy atom. The van der Waals surface area contributed by atoms with E-state index in [2.05, 4.69) is 5.32 Å². The first-order valence-corrected chi connectivity index (χ1v) is 5.34. The molecule has 1 N–H and O–H groups in total. The van der Waals surface area contributed by atoms with Gasteiger partial charge < -0.3 is 10.1 Å². The number of carbonyl (C=O) groups excluding carboxylic acids is 2. The lowest BCUT2D eigenvalue weighted by molar-refractivity contribution is -0.122. The van der Waals surface area contributed by atoms with Crippen molar-refractivity contribution in [2.45, 2.75) is 13.8 Å². The van der Waals surface area contributed by atoms with E-state index in [1.165, 1.54) is 26.1 Å². The van der Waals surface area contributed by atoms with Crippen LogP contribution in [0.2, 0.25) is 0 Å². The molecule has 0 atom stereocenters. The van der Waals surface area contributed by atoms with Crippen molar-refractivity contribution in [3.63, 3.8) is 0 Å². The van der Waals surface area contributed by atoms with E-state index in [0.29, 0.717) is 11.4 Å². The van der Waals surface area contributed by atoms with Crippen molar-refractivity contribution >= 4 is 17.7 Å². The summed E-state index contributed by atoms with van der Waals surface area (Å²) in [5.41, 5.74) is 1.36. The highest BCUT2D eigenvalue weighted by atomic mass is 16.7. The zero-order valence-corrected chi connectivity index (χ0v) is 10.8. The first-order valence-electron chi connectivity index (χ1n) is 5.34. The second-order valence-corrected chi connectivity index (χ2v) is 3.58. The van der Waals surface area contributed by atoms with Gasteiger partial charge in [-0.1, -0.05) is 0 Å². The molecule has 0 bridgehead atoms. The number of anilines is 1. The zero-order valence-electron chi connectivity index (χ0n) is 10.8. The first kappa shape index (κ1) is 14.0. The third-order valence-corrected chi connectivity index (χ3v) is 2.27. The number of ether oxygens (including phenoxy) is 1. The van der Waals surface area contributed by atoms with Gasteiger partial charge in [0.25, 0.3) is 0 Å². The summed E-state index contributed by atoms with van der Waals surface area (Å²) in [5.74, 6) is 0.163. The monoisotopic (exact) mass is 252 g/mol. The van der Waals surface area contributed by atoms with Crippen LogP contribution in [-0.2, 0) is 9.63 Å². The molecule has 6 heteroatoms. The number of amides is 2. The van der Waals surface area contributed by atoms with E-state index in [9.17, 15) is 9.59 Å². The summed E-state index contributed by atoms with van der Waals surface area (Å²) < 4.78 is 4.98. The summed E-state index contributed by atoms with van der Waals surface area (Å²) in [6.45, 7) is 3.19. The van der Waals surface area contributed by atoms with Crippen molar-refractivity contribution in [1.82, 2.24) is 5.32 Å². The summed E-state index contributed by atoms with van der Waals surface area (Å²) in [5, 5.41) is 3.51. The van der Waals surface area contributed by atoms with Crippen molar-refractivity contribution in [2.75, 3.05) is 19.2 Å². The molecule has 0 aromatic heterocycles. The minimum atomic E-state index is -0.544. The Bertz CT molecular complexity index is 459. The van der Waals surface area contributed by atoms with Crippen LogP contribution in [0.25, 0.3) is 0 Å². The molecule has 1 rings (SSSR count). The number of nitrogens with zero attached hydrogens (tertiary/aromatic N) is 1. The standard InChI is InChI=1S/C12H16N2O4/c1-8-7-10(18-12(16)13-3)5-6-11(8)14(17-4)9(2)15/h5-7H,1-4H3,(H,13,16). The number of carbonyl (C=O) groups is 2. The Kier molecular flexibility index (Phi) is 4.67. The Morgan fingerprint density at radius 1 is 1.33 bits per heavy atom. The smallest absolute Gasteiger partial charge is 0.410 e. The van der Waals surface area contributed by atoms with E-state index < -0.39 is 6.09 Å². The summed E-state index contributed by atoms with van der Waals surface area (Å²) in [6.07, 6.45) is -0.544. The third-order valence-electron chi connectivity index (χ3n) is 2.27. The van der Waals surface area contributed by atoms with E-state index in [0.717, 1.165) is 5.56 Å². The largest absolute Gasteiger partial charge is 0.412 e. The number of hydroxylamine groups is 1. The minimum Gasteiger partial charge on any atom is -0.410 e. The van der Waals surface area contributed by atoms with Gasteiger partial charge >= 0.3 is 6.09 Å². The molecule has 0 fully saturated rings. The highest BCUT2D eigenvalue weighted by Gasteiger charge is 2.14. The van der Waals surface area contributed by atoms with Gasteiger partial charge in [-0.05, 0) is 30.7 Å². The molecule has 0 radical (unpaired) electrons. The van der Waals surface area contributed by atoms with Gasteiger partial charge in [0.1, 0.15) is 5.75 Å². The molecule has 18 heavy (non-hydrogen) atoms. The molecule has 1 aromatic rings. The molecule has 0 saturated carbocycles. The van der Waals surface area contributed by atoms with Crippen molar-refractivity contribution in [2.24, 2.45) is 0 Å². The van der Waals surface area contributed by atoms with Crippen LogP contribution in [0.5, 0.6) is 5.75 Å². The summed E-state index contributed by atoms with van der Waals surface area (Å²) in [6, 6.07) is 4.89. The number of nitrogens with one attached hydrogen (secondary N) is 1. The second kappa shape index (κ2) is 6.02. The van der Waals surface area contributed by atoms with Crippen molar-refractivity contribution in [3.05, 3.63) is 23.8 Å². The minimum absolute atomic E-state index is 0.236. The predicted molar refractivity (Wildman–Crippen MR) is 66.4 cm³/mol. The van der Waals surface area contributed by atoms with Gasteiger partial charge in [0.2, 0.25) is 5.91 Å². The Balaban J connectivity index is 2.98. The van der Waals surface area contributed by atoms with E-state index in [4.69, 9.17) is 9.57 Å². The van der Waals surface area contributed by atoms with Gasteiger partial charge in [-0.2, -0.15) is 5.06 Å². The van der Waals surface area contributed by atoms with Crippen LogP contribution in [-0.4, -0.2) is 26.2 Å². The molecule has 2 amide bonds. The SMILES string of the molecule is CNC(=O)Oc1ccc(N(OC)C(C)=O)c(C)c1. The van der Waals surface area contributed by atoms with Crippen LogP contribution in [0.3, 0.4) is 0 Å². The summed E-state index contributed by atoms with van der Waals surface area (Å²) in [7, 11) is 2.89. The van der Waals surface area contributed by atoms with E-state index in [1.54, 1.807) is 25.1 Å². The molecular formula is C12H16N2O4. The number of rotatable bonds is 3. The lowest BCUT2D eigenvalue weighted by atomic mass is 10.2. The topological polar surface area (TPSA) is 67.9 Å². The lowest BCUT2D eigenvalue weighted by Crippen LogP contribution is -2.27. The van der Waals surface area contributed by atoms with Crippen molar-refractivity contribution < 1.29 is 19.2 Å². The first-order chi connectivity index (χ1) is 8.49. The maximum absolute atomic E-state index is 11.3. The fourth-order valence-electron chi connectivity index (χ4n) is 1.47. The molecule has 0 aliphatic heterocycles. The van der Waals surface area contributed by atoms with E-state index >= 15 is 0 Å². The van der Waals surface area contributed by atoms with Crippen LogP contribution in [0.4, 0.5) is 10.5 Å². The summed E-state index contributed by atoms with van der Waals surface area (Å²) >= 11 is 0. The van der Waals surface area contributed by atoms with E-state index in [1.807, 2.05) is 0 Å². The maximum Gasteiger partial charge on any atom is 0.412 e. The fourth-order valence-corrected chi connectivity index (χ4v) is 1.47. The quantitative estimate of drug-likeness (QED) is 0.830. The average molecular weight is 252 g/mol. The summed E-state index contributed by atoms with van der Waals surface area (Å²) in [4.78, 5) is 27.4. The van der Waals surface area contributed by atoms with Crippen LogP contribution in [0.15, 0.2) is 18.2 Å². The molecule has 0 heterocycles. The highest BCUT2D eigenvalue weighted by molar-refractivity contribution is 5.90. The molecule has 98 valence electrons. The molecule has 0 unspecified atom stereocenters. The Morgan fingerprint density at radius 3 is 2.44 bits per heavy atom. The molecule has 0 aliphatic rings. The Hall–Kier alpha value is -2.08. The van der Waals surface area contributed by atoms with Gasteiger partial charge in [0.15, 0.2) is 0 Å². The van der Waals surface area contributed by atoms with Crippen LogP contribution < -0.4 is 15.1 Å². The predicted octanol–water partition coefficient (Wildman–Crippen LogP) is 1.63. The van der Waals surface area contributed by atoms with Gasteiger partial charge in [-0.25, -0.2) is 4.79 Å². The van der Waals surface area contributed by atoms with Crippen molar-refractivity contribution in [3.8, 4) is 5.75 Å². The molecule has 1 aromatic carbocycles. The molecule has 0 saturated heterocycles. The molecule has 0 spiro atoms. The maximum atomic E-state index is 11.3. The average Bonchev–Trinajstić information content (AvgIpc) is 2.32. The molecular weight excluding hydrogens is 236 g/mol. The fraction of sp³-hybridized carbons (Fsp3) is 0.333. The normalized spacial score (nSPS) is 9.78. The van der Waals surface area contributed by atoms with Crippen LogP contribution in [0.1, 0.15) is 12.5 Å². The van der Waals surface area contributed by atoms with Crippen molar-refractivity contribution in [1.29, 1.82) is 0 Å². The highest BCUT2D eigenvalue weighted by Crippen LogP contribution is 2.25. The van der Waals surface area contributed by atoms with Crippen LogP contribution in [0, 0.1) is 6.92 Å². The number of aryl methyl sites for hydroxylation is 1. The lowest BCUT2D eigenvalue weighted by Gasteiger charge is -2.20. The van der Waals surface area contributed by atoms with Gasteiger partial charge in [0, 0.05) is 14.0 Å². The molecule has 0 aliphatic carbocycles. The zero-order chi connectivity index (χ0) is 13.7. The van der Waals surface area contributed by atoms with Gasteiger partial charge in [-0.15, -0.1) is 0 Å². The number of hydrogen-bond donors (Lipinski definition) is 1. The van der Waals surface area contributed by atoms with Gasteiger partial charge in [0.05, 0.1) is 12.8 Å². The van der Waals surface area contributed by atoms with Gasteiger partial charge in [-0.3, -0.25) is 9.63 Å². The molecule has 6 nitrogen and oxygen atoms in total. The van der Waals surface area contributed by atoms with E-state index in [-0.39, 0.29) is 5.91 Å². The van der Waals surface area contributed by atoms with Crippen LogP contribution >= 0.6 is 0 Å². The second-order valence-electron chi connectivity index (χ2n) is 3.58. The Labute approximate surface area is 105 Å². The third kappa shape index (κ3) is 3.21. The number of hydrogen-bond acceptors (Lipinski definition) is 4.